The second-order valence-corrected chi connectivity index (χ2v) is 8.23. The molecular weight excluding hydrogens is 290 g/mol. The van der Waals surface area contributed by atoms with Crippen LogP contribution in [0.3, 0.4) is 0 Å². The molecule has 2 rings (SSSR count). The number of hydrogen-bond acceptors (Lipinski definition) is 4. The van der Waals surface area contributed by atoms with Gasteiger partial charge in [0.1, 0.15) is 0 Å². The molecule has 1 N–H and O–H groups in total. The predicted octanol–water partition coefficient (Wildman–Crippen LogP) is 0.352. The molecule has 0 aromatic heterocycles. The van der Waals surface area contributed by atoms with Gasteiger partial charge in [-0.25, -0.2) is 0 Å². The molecule has 0 aliphatic carbocycles. The molecule has 2 aliphatic rings. The summed E-state index contributed by atoms with van der Waals surface area (Å²) in [7, 11) is -1.68. The van der Waals surface area contributed by atoms with Crippen LogP contribution in [0.4, 0.5) is 0 Å². The maximum atomic E-state index is 12.8. The molecule has 2 fully saturated rings. The van der Waals surface area contributed by atoms with Gasteiger partial charge in [-0.2, -0.15) is 17.0 Å². The third kappa shape index (κ3) is 3.96. The second kappa shape index (κ2) is 7.37. The molecule has 124 valence electrons. The summed E-state index contributed by atoms with van der Waals surface area (Å²) in [5, 5.41) is 9.28. The van der Waals surface area contributed by atoms with Crippen LogP contribution in [0.25, 0.3) is 0 Å². The van der Waals surface area contributed by atoms with E-state index < -0.39 is 10.2 Å². The molecule has 2 saturated heterocycles. The Bertz CT molecular complexity index is 421. The van der Waals surface area contributed by atoms with E-state index in [2.05, 4.69) is 11.8 Å². The molecule has 0 aromatic rings. The zero-order chi connectivity index (χ0) is 15.5. The van der Waals surface area contributed by atoms with Crippen molar-refractivity contribution in [1.82, 2.24) is 13.5 Å². The third-order valence-electron chi connectivity index (χ3n) is 4.95. The molecule has 7 heteroatoms. The lowest BCUT2D eigenvalue weighted by Gasteiger charge is -2.39. The molecular formula is C14H29N3O3S. The lowest BCUT2D eigenvalue weighted by Crippen LogP contribution is -2.52. The van der Waals surface area contributed by atoms with Crippen molar-refractivity contribution in [3.63, 3.8) is 0 Å². The SMILES string of the molecule is CCN1CCC(N(C)S(=O)(=O)N2CCCC(CO)C2)CC1. The summed E-state index contributed by atoms with van der Waals surface area (Å²) in [4.78, 5) is 2.36. The van der Waals surface area contributed by atoms with Gasteiger partial charge in [0.15, 0.2) is 0 Å². The first kappa shape index (κ1) is 17.1. The zero-order valence-electron chi connectivity index (χ0n) is 13.2. The highest BCUT2D eigenvalue weighted by molar-refractivity contribution is 7.86. The fraction of sp³-hybridized carbons (Fsp3) is 1.00. The van der Waals surface area contributed by atoms with Crippen LogP contribution in [0.1, 0.15) is 32.6 Å². The van der Waals surface area contributed by atoms with Crippen LogP contribution in [0, 0.1) is 5.92 Å². The van der Waals surface area contributed by atoms with Crippen molar-refractivity contribution in [2.45, 2.75) is 38.6 Å². The smallest absolute Gasteiger partial charge is 0.281 e. The molecule has 21 heavy (non-hydrogen) atoms. The van der Waals surface area contributed by atoms with E-state index in [0.29, 0.717) is 13.1 Å². The summed E-state index contributed by atoms with van der Waals surface area (Å²) in [5.74, 6) is 0.0869. The minimum atomic E-state index is -3.39. The highest BCUT2D eigenvalue weighted by atomic mass is 32.2. The molecule has 1 atom stereocenters. The summed E-state index contributed by atoms with van der Waals surface area (Å²) < 4.78 is 28.6. The van der Waals surface area contributed by atoms with Gasteiger partial charge < -0.3 is 10.0 Å². The fourth-order valence-electron chi connectivity index (χ4n) is 3.36. The van der Waals surface area contributed by atoms with Crippen LogP contribution in [0.2, 0.25) is 0 Å². The van der Waals surface area contributed by atoms with E-state index in [0.717, 1.165) is 45.3 Å². The van der Waals surface area contributed by atoms with Crippen LogP contribution >= 0.6 is 0 Å². The van der Waals surface area contributed by atoms with Gasteiger partial charge >= 0.3 is 0 Å². The number of likely N-dealkylation sites (tertiary alicyclic amines) is 1. The van der Waals surface area contributed by atoms with Crippen molar-refractivity contribution in [2.24, 2.45) is 5.92 Å². The quantitative estimate of drug-likeness (QED) is 0.794. The maximum absolute atomic E-state index is 12.8. The Hall–Kier alpha value is -0.210. The molecule has 0 bridgehead atoms. The first-order valence-corrected chi connectivity index (χ1v) is 9.45. The first-order valence-electron chi connectivity index (χ1n) is 8.05. The van der Waals surface area contributed by atoms with Crippen molar-refractivity contribution in [3.05, 3.63) is 0 Å². The molecule has 1 unspecified atom stereocenters. The van der Waals surface area contributed by atoms with Gasteiger partial charge in [-0.05, 0) is 51.2 Å². The van der Waals surface area contributed by atoms with Gasteiger partial charge in [0.2, 0.25) is 0 Å². The highest BCUT2D eigenvalue weighted by Gasteiger charge is 2.35. The van der Waals surface area contributed by atoms with Crippen LogP contribution in [-0.2, 0) is 10.2 Å². The van der Waals surface area contributed by atoms with Crippen molar-refractivity contribution in [1.29, 1.82) is 0 Å². The molecule has 0 radical (unpaired) electrons. The van der Waals surface area contributed by atoms with Gasteiger partial charge in [-0.3, -0.25) is 0 Å². The Morgan fingerprint density at radius 3 is 2.43 bits per heavy atom. The van der Waals surface area contributed by atoms with Gasteiger partial charge in [0.25, 0.3) is 10.2 Å². The standard InChI is InChI=1S/C14H29N3O3S/c1-3-16-9-6-14(7-10-16)15(2)21(19,20)17-8-4-5-13(11-17)12-18/h13-14,18H,3-12H2,1-2H3. The fourth-order valence-corrected chi connectivity index (χ4v) is 5.07. The topological polar surface area (TPSA) is 64.1 Å². The van der Waals surface area contributed by atoms with E-state index in [-0.39, 0.29) is 18.6 Å². The van der Waals surface area contributed by atoms with Crippen LogP contribution in [-0.4, -0.2) is 79.5 Å². The third-order valence-corrected chi connectivity index (χ3v) is 6.96. The number of aliphatic hydroxyl groups is 1. The van der Waals surface area contributed by atoms with E-state index in [1.165, 1.54) is 0 Å². The Kier molecular flexibility index (Phi) is 6.02. The summed E-state index contributed by atoms with van der Waals surface area (Å²) in [6, 6.07) is 0.104. The lowest BCUT2D eigenvalue weighted by molar-refractivity contribution is 0.148. The van der Waals surface area contributed by atoms with Crippen molar-refractivity contribution in [3.8, 4) is 0 Å². The molecule has 0 amide bonds. The maximum Gasteiger partial charge on any atom is 0.281 e. The highest BCUT2D eigenvalue weighted by Crippen LogP contribution is 2.24. The number of nitrogens with zero attached hydrogens (tertiary/aromatic N) is 3. The second-order valence-electron chi connectivity index (χ2n) is 6.24. The molecule has 0 saturated carbocycles. The monoisotopic (exact) mass is 319 g/mol. The average Bonchev–Trinajstić information content (AvgIpc) is 2.54. The first-order chi connectivity index (χ1) is 9.98. The molecule has 6 nitrogen and oxygen atoms in total. The molecule has 0 aromatic carbocycles. The van der Waals surface area contributed by atoms with Crippen molar-refractivity contribution < 1.29 is 13.5 Å². The Morgan fingerprint density at radius 2 is 1.86 bits per heavy atom. The minimum absolute atomic E-state index is 0.0740. The van der Waals surface area contributed by atoms with Crippen molar-refractivity contribution in [2.75, 3.05) is 46.4 Å². The number of aliphatic hydroxyl groups excluding tert-OH is 1. The molecule has 0 spiro atoms. The summed E-state index contributed by atoms with van der Waals surface area (Å²) in [6.45, 7) is 6.23. The van der Waals surface area contributed by atoms with Gasteiger partial charge in [-0.15, -0.1) is 0 Å². The van der Waals surface area contributed by atoms with E-state index >= 15 is 0 Å². The summed E-state index contributed by atoms with van der Waals surface area (Å²) in [6.07, 6.45) is 3.56. The van der Waals surface area contributed by atoms with E-state index in [1.54, 1.807) is 15.7 Å². The normalized spacial score (nSPS) is 27.3. The molecule has 2 heterocycles. The average molecular weight is 319 g/mol. The van der Waals surface area contributed by atoms with Crippen LogP contribution in [0.15, 0.2) is 0 Å². The summed E-state index contributed by atoms with van der Waals surface area (Å²) in [5.41, 5.74) is 0. The molecule has 2 aliphatic heterocycles. The van der Waals surface area contributed by atoms with Crippen molar-refractivity contribution >= 4 is 10.2 Å². The van der Waals surface area contributed by atoms with E-state index in [1.807, 2.05) is 0 Å². The Balaban J connectivity index is 1.98. The van der Waals surface area contributed by atoms with Gasteiger partial charge in [0, 0.05) is 32.8 Å². The van der Waals surface area contributed by atoms with Crippen LogP contribution in [0.5, 0.6) is 0 Å². The number of piperidine rings is 2. The van der Waals surface area contributed by atoms with E-state index in [9.17, 15) is 13.5 Å². The largest absolute Gasteiger partial charge is 0.396 e. The zero-order valence-corrected chi connectivity index (χ0v) is 14.1. The van der Waals surface area contributed by atoms with Gasteiger partial charge in [0.05, 0.1) is 0 Å². The van der Waals surface area contributed by atoms with Crippen LogP contribution < -0.4 is 0 Å². The van der Waals surface area contributed by atoms with E-state index in [4.69, 9.17) is 0 Å². The Morgan fingerprint density at radius 1 is 1.19 bits per heavy atom. The Labute approximate surface area is 128 Å². The van der Waals surface area contributed by atoms with Gasteiger partial charge in [-0.1, -0.05) is 6.92 Å². The number of hydrogen-bond donors (Lipinski definition) is 1. The predicted molar refractivity (Wildman–Crippen MR) is 83.2 cm³/mol. The number of rotatable bonds is 5. The minimum Gasteiger partial charge on any atom is -0.396 e. The summed E-state index contributed by atoms with van der Waals surface area (Å²) >= 11 is 0. The lowest BCUT2D eigenvalue weighted by atomic mass is 10.0.